The lowest BCUT2D eigenvalue weighted by molar-refractivity contribution is -0.274. The van der Waals surface area contributed by atoms with Gasteiger partial charge in [0.15, 0.2) is 0 Å². The summed E-state index contributed by atoms with van der Waals surface area (Å²) < 4.78 is 39.7. The first-order valence-corrected chi connectivity index (χ1v) is 5.34. The first-order chi connectivity index (χ1) is 8.04. The van der Waals surface area contributed by atoms with E-state index < -0.39 is 6.36 Å². The van der Waals surface area contributed by atoms with Crippen LogP contribution in [0, 0.1) is 0 Å². The number of halogens is 4. The second-order valence-corrected chi connectivity index (χ2v) is 3.83. The average molecular weight is 283 g/mol. The lowest BCUT2D eigenvalue weighted by Crippen LogP contribution is -2.42. The van der Waals surface area contributed by atoms with Gasteiger partial charge in [-0.25, -0.2) is 0 Å². The maximum absolute atomic E-state index is 12.0. The van der Waals surface area contributed by atoms with Gasteiger partial charge in [-0.2, -0.15) is 0 Å². The van der Waals surface area contributed by atoms with Crippen molar-refractivity contribution in [1.29, 1.82) is 0 Å². The minimum absolute atomic E-state index is 0. The molecule has 1 aromatic rings. The lowest BCUT2D eigenvalue weighted by Gasteiger charge is -2.25. The molecule has 1 aromatic carbocycles. The van der Waals surface area contributed by atoms with Crippen molar-refractivity contribution in [2.75, 3.05) is 19.6 Å². The van der Waals surface area contributed by atoms with Crippen molar-refractivity contribution < 1.29 is 17.9 Å². The fourth-order valence-electron chi connectivity index (χ4n) is 1.79. The zero-order valence-corrected chi connectivity index (χ0v) is 10.3. The van der Waals surface area contributed by atoms with E-state index in [0.29, 0.717) is 0 Å². The number of piperazine rings is 1. The van der Waals surface area contributed by atoms with Crippen molar-refractivity contribution >= 4 is 12.4 Å². The van der Waals surface area contributed by atoms with Crippen molar-refractivity contribution in [1.82, 2.24) is 10.6 Å². The van der Waals surface area contributed by atoms with Gasteiger partial charge in [-0.05, 0) is 17.7 Å². The van der Waals surface area contributed by atoms with Crippen molar-refractivity contribution in [3.8, 4) is 5.75 Å². The molecule has 1 atom stereocenters. The summed E-state index contributed by atoms with van der Waals surface area (Å²) in [5.74, 6) is -0.190. The highest BCUT2D eigenvalue weighted by Gasteiger charge is 2.31. The van der Waals surface area contributed by atoms with Crippen LogP contribution in [0.2, 0.25) is 0 Å². The van der Waals surface area contributed by atoms with Crippen LogP contribution in [0.4, 0.5) is 13.2 Å². The SMILES string of the molecule is Cl.FC(F)(F)Oc1ccc([C@H]2CNCCN2)cc1. The number of ether oxygens (including phenoxy) is 1. The smallest absolute Gasteiger partial charge is 0.406 e. The molecule has 0 amide bonds. The number of benzene rings is 1. The minimum atomic E-state index is -4.63. The summed E-state index contributed by atoms with van der Waals surface area (Å²) in [5, 5.41) is 6.49. The molecule has 1 aliphatic rings. The van der Waals surface area contributed by atoms with E-state index in [9.17, 15) is 13.2 Å². The lowest BCUT2D eigenvalue weighted by atomic mass is 10.1. The molecule has 1 fully saturated rings. The van der Waals surface area contributed by atoms with Gasteiger partial charge >= 0.3 is 6.36 Å². The molecule has 0 unspecified atom stereocenters. The third-order valence-corrected chi connectivity index (χ3v) is 2.56. The molecule has 2 rings (SSSR count). The Balaban J connectivity index is 0.00000162. The largest absolute Gasteiger partial charge is 0.573 e. The zero-order valence-electron chi connectivity index (χ0n) is 9.46. The van der Waals surface area contributed by atoms with Crippen molar-refractivity contribution in [3.05, 3.63) is 29.8 Å². The van der Waals surface area contributed by atoms with Crippen molar-refractivity contribution in [2.24, 2.45) is 0 Å². The first-order valence-electron chi connectivity index (χ1n) is 5.34. The number of alkyl halides is 3. The molecule has 1 aliphatic heterocycles. The van der Waals surface area contributed by atoms with Gasteiger partial charge in [0.1, 0.15) is 5.75 Å². The predicted octanol–water partition coefficient (Wildman–Crippen LogP) is 2.24. The van der Waals surface area contributed by atoms with Gasteiger partial charge in [0.25, 0.3) is 0 Å². The molecule has 0 radical (unpaired) electrons. The summed E-state index contributed by atoms with van der Waals surface area (Å²) in [4.78, 5) is 0. The van der Waals surface area contributed by atoms with E-state index in [4.69, 9.17) is 0 Å². The Hall–Kier alpha value is -0.980. The van der Waals surface area contributed by atoms with Crippen LogP contribution in [0.1, 0.15) is 11.6 Å². The molecule has 7 heteroatoms. The van der Waals surface area contributed by atoms with Crippen molar-refractivity contribution in [3.63, 3.8) is 0 Å². The van der Waals surface area contributed by atoms with Gasteiger partial charge in [0.05, 0.1) is 0 Å². The highest BCUT2D eigenvalue weighted by Crippen LogP contribution is 2.24. The van der Waals surface area contributed by atoms with E-state index in [1.54, 1.807) is 12.1 Å². The molecule has 1 saturated heterocycles. The quantitative estimate of drug-likeness (QED) is 0.873. The van der Waals surface area contributed by atoms with E-state index in [1.165, 1.54) is 12.1 Å². The molecular formula is C11H14ClF3N2O. The van der Waals surface area contributed by atoms with Gasteiger partial charge in [-0.1, -0.05) is 12.1 Å². The standard InChI is InChI=1S/C11H13F3N2O.ClH/c12-11(13,14)17-9-3-1-8(2-4-9)10-7-15-5-6-16-10;/h1-4,10,15-16H,5-7H2;1H/t10-;/m1./s1. The Labute approximate surface area is 109 Å². The second kappa shape index (κ2) is 6.26. The molecule has 2 N–H and O–H groups in total. The van der Waals surface area contributed by atoms with Crippen LogP contribution < -0.4 is 15.4 Å². The highest BCUT2D eigenvalue weighted by atomic mass is 35.5. The van der Waals surface area contributed by atoms with Crippen LogP contribution >= 0.6 is 12.4 Å². The van der Waals surface area contributed by atoms with Crippen molar-refractivity contribution in [2.45, 2.75) is 12.4 Å². The van der Waals surface area contributed by atoms with Crippen LogP contribution in [-0.4, -0.2) is 26.0 Å². The number of rotatable bonds is 2. The van der Waals surface area contributed by atoms with Gasteiger partial charge in [0, 0.05) is 25.7 Å². The summed E-state index contributed by atoms with van der Waals surface area (Å²) in [6.45, 7) is 2.54. The molecule has 0 saturated carbocycles. The second-order valence-electron chi connectivity index (χ2n) is 3.83. The van der Waals surface area contributed by atoms with Gasteiger partial charge < -0.3 is 15.4 Å². The van der Waals surface area contributed by atoms with Crippen LogP contribution in [0.25, 0.3) is 0 Å². The third kappa shape index (κ3) is 4.36. The average Bonchev–Trinajstić information content (AvgIpc) is 2.29. The molecule has 0 spiro atoms. The Morgan fingerprint density at radius 1 is 1.11 bits per heavy atom. The topological polar surface area (TPSA) is 33.3 Å². The minimum Gasteiger partial charge on any atom is -0.406 e. The predicted molar refractivity (Wildman–Crippen MR) is 64.0 cm³/mol. The number of nitrogens with one attached hydrogen (secondary N) is 2. The molecule has 0 aromatic heterocycles. The highest BCUT2D eigenvalue weighted by molar-refractivity contribution is 5.85. The summed E-state index contributed by atoms with van der Waals surface area (Å²) in [7, 11) is 0. The van der Waals surface area contributed by atoms with Crippen LogP contribution in [0.3, 0.4) is 0 Å². The van der Waals surface area contributed by atoms with Crippen LogP contribution in [-0.2, 0) is 0 Å². The molecule has 102 valence electrons. The van der Waals surface area contributed by atoms with Gasteiger partial charge in [-0.15, -0.1) is 25.6 Å². The maximum atomic E-state index is 12.0. The normalized spacial score (nSPS) is 20.1. The van der Waals surface area contributed by atoms with Gasteiger partial charge in [0.2, 0.25) is 0 Å². The number of hydrogen-bond acceptors (Lipinski definition) is 3. The van der Waals surface area contributed by atoms with E-state index in [0.717, 1.165) is 25.2 Å². The van der Waals surface area contributed by atoms with Crippen LogP contribution in [0.15, 0.2) is 24.3 Å². The summed E-state index contributed by atoms with van der Waals surface area (Å²) in [5.41, 5.74) is 0.951. The maximum Gasteiger partial charge on any atom is 0.573 e. The third-order valence-electron chi connectivity index (χ3n) is 2.56. The van der Waals surface area contributed by atoms with E-state index >= 15 is 0 Å². The van der Waals surface area contributed by atoms with Gasteiger partial charge in [-0.3, -0.25) is 0 Å². The molecule has 1 heterocycles. The Bertz CT molecular complexity index is 364. The van der Waals surface area contributed by atoms with Crippen LogP contribution in [0.5, 0.6) is 5.75 Å². The van der Waals surface area contributed by atoms with E-state index in [-0.39, 0.29) is 24.2 Å². The van der Waals surface area contributed by atoms with E-state index in [2.05, 4.69) is 15.4 Å². The molecule has 3 nitrogen and oxygen atoms in total. The molecular weight excluding hydrogens is 269 g/mol. The molecule has 18 heavy (non-hydrogen) atoms. The first kappa shape index (κ1) is 15.1. The Morgan fingerprint density at radius 3 is 2.28 bits per heavy atom. The number of hydrogen-bond donors (Lipinski definition) is 2. The Morgan fingerprint density at radius 2 is 1.78 bits per heavy atom. The molecule has 0 aliphatic carbocycles. The monoisotopic (exact) mass is 282 g/mol. The molecule has 0 bridgehead atoms. The zero-order chi connectivity index (χ0) is 12.3. The fraction of sp³-hybridized carbons (Fsp3) is 0.455. The summed E-state index contributed by atoms with van der Waals surface area (Å²) in [6, 6.07) is 6.10. The summed E-state index contributed by atoms with van der Waals surface area (Å²) >= 11 is 0. The Kier molecular flexibility index (Phi) is 5.25. The fourth-order valence-corrected chi connectivity index (χ4v) is 1.79. The summed E-state index contributed by atoms with van der Waals surface area (Å²) in [6.07, 6.45) is -4.63. The van der Waals surface area contributed by atoms with E-state index in [1.807, 2.05) is 0 Å².